The topological polar surface area (TPSA) is 53.4 Å². The molecule has 1 heterocycles. The van der Waals surface area contributed by atoms with Crippen molar-refractivity contribution in [3.05, 3.63) is 52.0 Å². The molecular weight excluding hydrogens is 260 g/mol. The Morgan fingerprint density at radius 3 is 2.79 bits per heavy atom. The van der Waals surface area contributed by atoms with Gasteiger partial charge in [-0.05, 0) is 12.6 Å². The minimum atomic E-state index is -0.817. The number of benzene rings is 1. The summed E-state index contributed by atoms with van der Waals surface area (Å²) >= 11 is 1.62. The van der Waals surface area contributed by atoms with Crippen LogP contribution in [-0.2, 0) is 17.8 Å². The van der Waals surface area contributed by atoms with Crippen molar-refractivity contribution in [1.29, 1.82) is 0 Å². The number of carboxylic acids is 1. The maximum atomic E-state index is 10.6. The Labute approximate surface area is 116 Å². The minimum absolute atomic E-state index is 0.0333. The maximum absolute atomic E-state index is 10.6. The third kappa shape index (κ3) is 4.46. The standard InChI is InChI=1S/C14H16N2O2S/c1-16(9-14(17)18)8-12-10-19-13(15-12)7-11-5-3-2-4-6-11/h2-6,10H,7-9H2,1H3,(H,17,18). The van der Waals surface area contributed by atoms with E-state index < -0.39 is 5.97 Å². The van der Waals surface area contributed by atoms with Crippen molar-refractivity contribution < 1.29 is 9.90 Å². The Balaban J connectivity index is 1.94. The van der Waals surface area contributed by atoms with Gasteiger partial charge in [0, 0.05) is 18.3 Å². The molecule has 19 heavy (non-hydrogen) atoms. The minimum Gasteiger partial charge on any atom is -0.480 e. The fraction of sp³-hybridized carbons (Fsp3) is 0.286. The molecule has 5 heteroatoms. The molecule has 2 rings (SSSR count). The van der Waals surface area contributed by atoms with Crippen LogP contribution >= 0.6 is 11.3 Å². The third-order valence-corrected chi connectivity index (χ3v) is 3.53. The lowest BCUT2D eigenvalue weighted by Gasteiger charge is -2.11. The van der Waals surface area contributed by atoms with E-state index in [4.69, 9.17) is 5.11 Å². The highest BCUT2D eigenvalue weighted by Crippen LogP contribution is 2.15. The largest absolute Gasteiger partial charge is 0.480 e. The van der Waals surface area contributed by atoms with Crippen molar-refractivity contribution in [2.24, 2.45) is 0 Å². The van der Waals surface area contributed by atoms with Gasteiger partial charge in [0.25, 0.3) is 0 Å². The molecule has 0 aliphatic heterocycles. The van der Waals surface area contributed by atoms with Crippen LogP contribution in [-0.4, -0.2) is 34.6 Å². The third-order valence-electron chi connectivity index (χ3n) is 2.63. The summed E-state index contributed by atoms with van der Waals surface area (Å²) in [5.41, 5.74) is 2.17. The zero-order valence-corrected chi connectivity index (χ0v) is 11.6. The van der Waals surface area contributed by atoms with Gasteiger partial charge in [-0.2, -0.15) is 0 Å². The lowest BCUT2D eigenvalue weighted by atomic mass is 10.2. The first-order chi connectivity index (χ1) is 9.13. The van der Waals surface area contributed by atoms with Gasteiger partial charge in [-0.1, -0.05) is 30.3 Å². The molecule has 0 unspecified atom stereocenters. The van der Waals surface area contributed by atoms with E-state index in [1.165, 1.54) is 5.56 Å². The van der Waals surface area contributed by atoms with Crippen LogP contribution in [0.1, 0.15) is 16.3 Å². The number of aromatic nitrogens is 1. The molecule has 0 aliphatic rings. The first-order valence-corrected chi connectivity index (χ1v) is 6.89. The van der Waals surface area contributed by atoms with Crippen LogP contribution < -0.4 is 0 Å². The van der Waals surface area contributed by atoms with Crippen LogP contribution in [0.2, 0.25) is 0 Å². The van der Waals surface area contributed by atoms with E-state index in [0.29, 0.717) is 6.54 Å². The van der Waals surface area contributed by atoms with E-state index >= 15 is 0 Å². The number of hydrogen-bond donors (Lipinski definition) is 1. The highest BCUT2D eigenvalue weighted by molar-refractivity contribution is 7.09. The van der Waals surface area contributed by atoms with Gasteiger partial charge in [0.05, 0.1) is 17.2 Å². The summed E-state index contributed by atoms with van der Waals surface area (Å²) < 4.78 is 0. The quantitative estimate of drug-likeness (QED) is 0.879. The average Bonchev–Trinajstić information content (AvgIpc) is 2.76. The smallest absolute Gasteiger partial charge is 0.317 e. The number of thiazole rings is 1. The molecule has 0 spiro atoms. The average molecular weight is 276 g/mol. The lowest BCUT2D eigenvalue weighted by Crippen LogP contribution is -2.25. The number of likely N-dealkylation sites (N-methyl/N-ethyl adjacent to an activating group) is 1. The summed E-state index contributed by atoms with van der Waals surface area (Å²) in [4.78, 5) is 16.9. The van der Waals surface area contributed by atoms with Crippen LogP contribution in [0.4, 0.5) is 0 Å². The van der Waals surface area contributed by atoms with E-state index in [1.54, 1.807) is 23.3 Å². The summed E-state index contributed by atoms with van der Waals surface area (Å²) in [6.45, 7) is 0.600. The van der Waals surface area contributed by atoms with Gasteiger partial charge in [-0.25, -0.2) is 4.98 Å². The molecule has 0 atom stereocenters. The molecule has 1 aromatic carbocycles. The van der Waals surface area contributed by atoms with Crippen LogP contribution in [0.3, 0.4) is 0 Å². The van der Waals surface area contributed by atoms with E-state index in [0.717, 1.165) is 17.1 Å². The predicted molar refractivity (Wildman–Crippen MR) is 75.3 cm³/mol. The second-order valence-corrected chi connectivity index (χ2v) is 5.40. The number of aliphatic carboxylic acids is 1. The Kier molecular flexibility index (Phi) is 4.65. The second kappa shape index (κ2) is 6.45. The highest BCUT2D eigenvalue weighted by atomic mass is 32.1. The highest BCUT2D eigenvalue weighted by Gasteiger charge is 2.08. The number of nitrogens with zero attached hydrogens (tertiary/aromatic N) is 2. The molecule has 0 aliphatic carbocycles. The fourth-order valence-electron chi connectivity index (χ4n) is 1.84. The van der Waals surface area contributed by atoms with E-state index in [1.807, 2.05) is 23.6 Å². The van der Waals surface area contributed by atoms with Gasteiger partial charge in [0.15, 0.2) is 0 Å². The van der Waals surface area contributed by atoms with Crippen molar-refractivity contribution in [2.75, 3.05) is 13.6 Å². The van der Waals surface area contributed by atoms with Gasteiger partial charge in [-0.3, -0.25) is 9.69 Å². The Morgan fingerprint density at radius 2 is 2.11 bits per heavy atom. The summed E-state index contributed by atoms with van der Waals surface area (Å²) in [5.74, 6) is -0.817. The van der Waals surface area contributed by atoms with E-state index in [2.05, 4.69) is 17.1 Å². The second-order valence-electron chi connectivity index (χ2n) is 4.46. The predicted octanol–water partition coefficient (Wildman–Crippen LogP) is 2.25. The van der Waals surface area contributed by atoms with Crippen molar-refractivity contribution in [2.45, 2.75) is 13.0 Å². The lowest BCUT2D eigenvalue weighted by molar-refractivity contribution is -0.138. The van der Waals surface area contributed by atoms with Crippen molar-refractivity contribution >= 4 is 17.3 Å². The van der Waals surface area contributed by atoms with Crippen molar-refractivity contribution in [3.8, 4) is 0 Å². The van der Waals surface area contributed by atoms with Crippen LogP contribution in [0, 0.1) is 0 Å². The Bertz CT molecular complexity index is 539. The normalized spacial score (nSPS) is 10.8. The monoisotopic (exact) mass is 276 g/mol. The summed E-state index contributed by atoms with van der Waals surface area (Å²) in [7, 11) is 1.78. The molecule has 0 saturated carbocycles. The molecular formula is C14H16N2O2S. The first kappa shape index (κ1) is 13.7. The number of carbonyl (C=O) groups is 1. The van der Waals surface area contributed by atoms with Gasteiger partial charge >= 0.3 is 5.97 Å². The maximum Gasteiger partial charge on any atom is 0.317 e. The van der Waals surface area contributed by atoms with Gasteiger partial charge < -0.3 is 5.11 Å². The van der Waals surface area contributed by atoms with Crippen LogP contribution in [0.25, 0.3) is 0 Å². The summed E-state index contributed by atoms with van der Waals surface area (Å²) in [6, 6.07) is 10.2. The van der Waals surface area contributed by atoms with Crippen LogP contribution in [0.5, 0.6) is 0 Å². The molecule has 0 bridgehead atoms. The summed E-state index contributed by atoms with van der Waals surface area (Å²) in [5, 5.41) is 11.8. The number of hydrogen-bond acceptors (Lipinski definition) is 4. The Morgan fingerprint density at radius 1 is 1.37 bits per heavy atom. The van der Waals surface area contributed by atoms with Gasteiger partial charge in [0.2, 0.25) is 0 Å². The Hall–Kier alpha value is -1.72. The SMILES string of the molecule is CN(CC(=O)O)Cc1csc(Cc2ccccc2)n1. The molecule has 0 fully saturated rings. The zero-order chi connectivity index (χ0) is 13.7. The first-order valence-electron chi connectivity index (χ1n) is 6.01. The van der Waals surface area contributed by atoms with Crippen molar-refractivity contribution in [1.82, 2.24) is 9.88 Å². The molecule has 1 aromatic heterocycles. The van der Waals surface area contributed by atoms with E-state index in [9.17, 15) is 4.79 Å². The molecule has 4 nitrogen and oxygen atoms in total. The van der Waals surface area contributed by atoms with Crippen LogP contribution in [0.15, 0.2) is 35.7 Å². The van der Waals surface area contributed by atoms with Gasteiger partial charge in [0.1, 0.15) is 0 Å². The fourth-order valence-corrected chi connectivity index (χ4v) is 2.66. The number of carboxylic acid groups (broad SMARTS) is 1. The van der Waals surface area contributed by atoms with E-state index in [-0.39, 0.29) is 6.54 Å². The molecule has 1 N–H and O–H groups in total. The molecule has 0 amide bonds. The van der Waals surface area contributed by atoms with Crippen molar-refractivity contribution in [3.63, 3.8) is 0 Å². The molecule has 100 valence electrons. The van der Waals surface area contributed by atoms with Gasteiger partial charge in [-0.15, -0.1) is 11.3 Å². The zero-order valence-electron chi connectivity index (χ0n) is 10.7. The molecule has 2 aromatic rings. The summed E-state index contributed by atoms with van der Waals surface area (Å²) in [6.07, 6.45) is 0.828. The molecule has 0 saturated heterocycles. The number of rotatable bonds is 6. The molecule has 0 radical (unpaired) electrons.